The summed E-state index contributed by atoms with van der Waals surface area (Å²) in [7, 11) is 2.97. The van der Waals surface area contributed by atoms with Crippen LogP contribution in [-0.4, -0.2) is 38.7 Å². The van der Waals surface area contributed by atoms with Crippen molar-refractivity contribution >= 4 is 11.9 Å². The minimum Gasteiger partial charge on any atom is -0.497 e. The second kappa shape index (κ2) is 8.92. The number of esters is 1. The maximum atomic E-state index is 12.0. The molecule has 0 aromatic heterocycles. The van der Waals surface area contributed by atoms with E-state index in [9.17, 15) is 9.59 Å². The highest BCUT2D eigenvalue weighted by Crippen LogP contribution is 2.25. The molecule has 0 aliphatic heterocycles. The zero-order valence-corrected chi connectivity index (χ0v) is 13.5. The minimum absolute atomic E-state index is 0.0618. The molecule has 0 spiro atoms. The van der Waals surface area contributed by atoms with Gasteiger partial charge in [0.25, 0.3) is 5.91 Å². The molecule has 0 heterocycles. The van der Waals surface area contributed by atoms with E-state index in [4.69, 9.17) is 14.2 Å². The molecule has 1 rings (SSSR count). The van der Waals surface area contributed by atoms with Crippen molar-refractivity contribution in [3.8, 4) is 11.5 Å². The standard InChI is InChI=1S/C16H23NO5/c1-5-6-11(2)17-15(18)10-22-16(19)13-8-7-12(20-3)9-14(13)21-4/h7-9,11H,5-6,10H2,1-4H3,(H,17,18)/t11-/m1/s1. The lowest BCUT2D eigenvalue weighted by Gasteiger charge is -2.13. The third-order valence-corrected chi connectivity index (χ3v) is 3.09. The first-order chi connectivity index (χ1) is 10.5. The van der Waals surface area contributed by atoms with Gasteiger partial charge in [0.2, 0.25) is 0 Å². The molecule has 6 heteroatoms. The molecule has 0 saturated carbocycles. The predicted molar refractivity (Wildman–Crippen MR) is 82.3 cm³/mol. The lowest BCUT2D eigenvalue weighted by atomic mass is 10.2. The average molecular weight is 309 g/mol. The molecule has 0 fully saturated rings. The summed E-state index contributed by atoms with van der Waals surface area (Å²) in [5.41, 5.74) is 0.248. The molecule has 22 heavy (non-hydrogen) atoms. The smallest absolute Gasteiger partial charge is 0.342 e. The Kier molecular flexibility index (Phi) is 7.22. The summed E-state index contributed by atoms with van der Waals surface area (Å²) in [4.78, 5) is 23.7. The van der Waals surface area contributed by atoms with Crippen LogP contribution in [0.3, 0.4) is 0 Å². The Hall–Kier alpha value is -2.24. The monoisotopic (exact) mass is 309 g/mol. The summed E-state index contributed by atoms with van der Waals surface area (Å²) >= 11 is 0. The van der Waals surface area contributed by atoms with Gasteiger partial charge in [0.1, 0.15) is 17.1 Å². The highest BCUT2D eigenvalue weighted by Gasteiger charge is 2.16. The predicted octanol–water partition coefficient (Wildman–Crippen LogP) is 2.17. The zero-order chi connectivity index (χ0) is 16.5. The van der Waals surface area contributed by atoms with Crippen LogP contribution in [0.15, 0.2) is 18.2 Å². The van der Waals surface area contributed by atoms with Crippen LogP contribution in [0.2, 0.25) is 0 Å². The number of benzene rings is 1. The van der Waals surface area contributed by atoms with Gasteiger partial charge in [-0.25, -0.2) is 4.79 Å². The van der Waals surface area contributed by atoms with E-state index >= 15 is 0 Å². The molecule has 0 aliphatic rings. The van der Waals surface area contributed by atoms with Crippen LogP contribution in [-0.2, 0) is 9.53 Å². The Morgan fingerprint density at radius 3 is 2.55 bits per heavy atom. The summed E-state index contributed by atoms with van der Waals surface area (Å²) in [5.74, 6) is -0.0248. The summed E-state index contributed by atoms with van der Waals surface area (Å²) in [6.45, 7) is 3.64. The molecule has 6 nitrogen and oxygen atoms in total. The molecule has 0 unspecified atom stereocenters. The highest BCUT2D eigenvalue weighted by atomic mass is 16.5. The Labute approximate surface area is 130 Å². The van der Waals surface area contributed by atoms with Crippen LogP contribution < -0.4 is 14.8 Å². The van der Waals surface area contributed by atoms with Crippen LogP contribution in [0.4, 0.5) is 0 Å². The Morgan fingerprint density at radius 2 is 1.95 bits per heavy atom. The molecule has 0 bridgehead atoms. The van der Waals surface area contributed by atoms with Gasteiger partial charge in [0.05, 0.1) is 14.2 Å². The molecule has 1 amide bonds. The second-order valence-electron chi connectivity index (χ2n) is 4.90. The summed E-state index contributed by atoms with van der Waals surface area (Å²) in [6, 6.07) is 4.81. The molecule has 122 valence electrons. The number of hydrogen-bond donors (Lipinski definition) is 1. The fourth-order valence-electron chi connectivity index (χ4n) is 2.00. The summed E-state index contributed by atoms with van der Waals surface area (Å²) in [6.07, 6.45) is 1.86. The van der Waals surface area contributed by atoms with E-state index in [0.29, 0.717) is 11.5 Å². The number of carbonyl (C=O) groups excluding carboxylic acids is 2. The SMILES string of the molecule is CCC[C@@H](C)NC(=O)COC(=O)c1ccc(OC)cc1OC. The first kappa shape index (κ1) is 17.8. The normalized spacial score (nSPS) is 11.5. The second-order valence-corrected chi connectivity index (χ2v) is 4.90. The van der Waals surface area contributed by atoms with E-state index in [1.807, 2.05) is 13.8 Å². The third-order valence-electron chi connectivity index (χ3n) is 3.09. The minimum atomic E-state index is -0.613. The van der Waals surface area contributed by atoms with Crippen molar-refractivity contribution in [2.75, 3.05) is 20.8 Å². The van der Waals surface area contributed by atoms with Crippen molar-refractivity contribution < 1.29 is 23.8 Å². The van der Waals surface area contributed by atoms with Crippen molar-refractivity contribution in [1.82, 2.24) is 5.32 Å². The first-order valence-electron chi connectivity index (χ1n) is 7.20. The molecule has 0 aliphatic carbocycles. The molecule has 0 saturated heterocycles. The van der Waals surface area contributed by atoms with Crippen LogP contribution in [0, 0.1) is 0 Å². The lowest BCUT2D eigenvalue weighted by Crippen LogP contribution is -2.35. The lowest BCUT2D eigenvalue weighted by molar-refractivity contribution is -0.124. The molecular weight excluding hydrogens is 286 g/mol. The average Bonchev–Trinajstić information content (AvgIpc) is 2.52. The topological polar surface area (TPSA) is 73.9 Å². The fourth-order valence-corrected chi connectivity index (χ4v) is 2.00. The summed E-state index contributed by atoms with van der Waals surface area (Å²) < 4.78 is 15.2. The van der Waals surface area contributed by atoms with Gasteiger partial charge in [-0.05, 0) is 25.5 Å². The van der Waals surface area contributed by atoms with Gasteiger partial charge in [-0.1, -0.05) is 13.3 Å². The Morgan fingerprint density at radius 1 is 1.23 bits per heavy atom. The Balaban J connectivity index is 2.60. The van der Waals surface area contributed by atoms with E-state index in [2.05, 4.69) is 5.32 Å². The van der Waals surface area contributed by atoms with Gasteiger partial charge in [0.15, 0.2) is 6.61 Å². The third kappa shape index (κ3) is 5.27. The number of hydrogen-bond acceptors (Lipinski definition) is 5. The van der Waals surface area contributed by atoms with Crippen molar-refractivity contribution in [3.05, 3.63) is 23.8 Å². The molecule has 1 aromatic rings. The van der Waals surface area contributed by atoms with E-state index in [-0.39, 0.29) is 24.1 Å². The first-order valence-corrected chi connectivity index (χ1v) is 7.20. The van der Waals surface area contributed by atoms with Gasteiger partial charge in [-0.2, -0.15) is 0 Å². The highest BCUT2D eigenvalue weighted by molar-refractivity contribution is 5.94. The van der Waals surface area contributed by atoms with E-state index in [1.54, 1.807) is 12.1 Å². The number of rotatable bonds is 8. The summed E-state index contributed by atoms with van der Waals surface area (Å²) in [5, 5.41) is 2.77. The van der Waals surface area contributed by atoms with Crippen molar-refractivity contribution in [1.29, 1.82) is 0 Å². The van der Waals surface area contributed by atoms with Gasteiger partial charge >= 0.3 is 5.97 Å². The quantitative estimate of drug-likeness (QED) is 0.745. The van der Waals surface area contributed by atoms with E-state index < -0.39 is 5.97 Å². The molecule has 1 aromatic carbocycles. The van der Waals surface area contributed by atoms with Crippen molar-refractivity contribution in [3.63, 3.8) is 0 Å². The number of carbonyl (C=O) groups is 2. The molecule has 1 atom stereocenters. The van der Waals surface area contributed by atoms with Gasteiger partial charge in [0, 0.05) is 12.1 Å². The zero-order valence-electron chi connectivity index (χ0n) is 13.5. The van der Waals surface area contributed by atoms with Crippen LogP contribution in [0.25, 0.3) is 0 Å². The van der Waals surface area contributed by atoms with Gasteiger partial charge < -0.3 is 19.5 Å². The van der Waals surface area contributed by atoms with Crippen LogP contribution >= 0.6 is 0 Å². The number of methoxy groups -OCH3 is 2. The maximum Gasteiger partial charge on any atom is 0.342 e. The molecule has 1 N–H and O–H groups in total. The number of amides is 1. The van der Waals surface area contributed by atoms with Crippen molar-refractivity contribution in [2.45, 2.75) is 32.7 Å². The van der Waals surface area contributed by atoms with Crippen LogP contribution in [0.5, 0.6) is 11.5 Å². The Bertz CT molecular complexity index is 515. The number of ether oxygens (including phenoxy) is 3. The number of nitrogens with one attached hydrogen (secondary N) is 1. The molecular formula is C16H23NO5. The van der Waals surface area contributed by atoms with Crippen molar-refractivity contribution in [2.24, 2.45) is 0 Å². The van der Waals surface area contributed by atoms with Crippen LogP contribution in [0.1, 0.15) is 37.0 Å². The van der Waals surface area contributed by atoms with Gasteiger partial charge in [-0.15, -0.1) is 0 Å². The van der Waals surface area contributed by atoms with Gasteiger partial charge in [-0.3, -0.25) is 4.79 Å². The maximum absolute atomic E-state index is 12.0. The van der Waals surface area contributed by atoms with E-state index in [0.717, 1.165) is 12.8 Å². The molecule has 0 radical (unpaired) electrons. The van der Waals surface area contributed by atoms with E-state index in [1.165, 1.54) is 20.3 Å². The fraction of sp³-hybridized carbons (Fsp3) is 0.500. The largest absolute Gasteiger partial charge is 0.497 e.